The first-order valence-corrected chi connectivity index (χ1v) is 6.77. The van der Waals surface area contributed by atoms with Gasteiger partial charge in [-0.1, -0.05) is 6.07 Å². The molecule has 0 radical (unpaired) electrons. The molecular formula is C16H21FN2. The minimum Gasteiger partial charge on any atom is -0.293 e. The average Bonchev–Trinajstić information content (AvgIpc) is 2.35. The summed E-state index contributed by atoms with van der Waals surface area (Å²) in [7, 11) is 0. The normalized spacial score (nSPS) is 12.0. The van der Waals surface area contributed by atoms with Gasteiger partial charge in [0, 0.05) is 30.2 Å². The van der Waals surface area contributed by atoms with Gasteiger partial charge in [0.2, 0.25) is 0 Å². The lowest BCUT2D eigenvalue weighted by Gasteiger charge is -2.30. The number of hydrogen-bond donors (Lipinski definition) is 0. The summed E-state index contributed by atoms with van der Waals surface area (Å²) in [6.45, 7) is 9.59. The minimum absolute atomic E-state index is 0.215. The summed E-state index contributed by atoms with van der Waals surface area (Å²) < 4.78 is 13.1. The summed E-state index contributed by atoms with van der Waals surface area (Å²) in [6, 6.07) is 7.83. The Bertz CT molecular complexity index is 556. The molecule has 0 amide bonds. The highest BCUT2D eigenvalue weighted by atomic mass is 19.1. The maximum atomic E-state index is 13.1. The highest BCUT2D eigenvalue weighted by Crippen LogP contribution is 2.17. The van der Waals surface area contributed by atoms with Crippen molar-refractivity contribution in [3.05, 3.63) is 42.0 Å². The van der Waals surface area contributed by atoms with E-state index in [2.05, 4.69) is 37.6 Å². The number of pyridine rings is 1. The third kappa shape index (κ3) is 3.29. The van der Waals surface area contributed by atoms with E-state index in [1.165, 1.54) is 12.1 Å². The van der Waals surface area contributed by atoms with Gasteiger partial charge in [0.05, 0.1) is 5.69 Å². The fourth-order valence-electron chi connectivity index (χ4n) is 2.39. The number of nitrogens with zero attached hydrogens (tertiary/aromatic N) is 2. The number of rotatable bonds is 4. The van der Waals surface area contributed by atoms with Gasteiger partial charge >= 0.3 is 0 Å². The lowest BCUT2D eigenvalue weighted by Crippen LogP contribution is -2.36. The van der Waals surface area contributed by atoms with E-state index in [4.69, 9.17) is 0 Å². The fourth-order valence-corrected chi connectivity index (χ4v) is 2.39. The monoisotopic (exact) mass is 260 g/mol. The topological polar surface area (TPSA) is 16.1 Å². The first kappa shape index (κ1) is 13.9. The van der Waals surface area contributed by atoms with Crippen LogP contribution in [0.5, 0.6) is 0 Å². The molecule has 1 heterocycles. The van der Waals surface area contributed by atoms with Crippen molar-refractivity contribution >= 4 is 10.8 Å². The van der Waals surface area contributed by atoms with Crippen LogP contribution in [0.2, 0.25) is 0 Å². The molecule has 2 rings (SSSR count). The van der Waals surface area contributed by atoms with Crippen LogP contribution in [0.15, 0.2) is 30.5 Å². The lowest BCUT2D eigenvalue weighted by atomic mass is 10.1. The Hall–Kier alpha value is -1.48. The van der Waals surface area contributed by atoms with E-state index in [0.29, 0.717) is 12.1 Å². The largest absolute Gasteiger partial charge is 0.293 e. The number of halogens is 1. The summed E-state index contributed by atoms with van der Waals surface area (Å²) in [5.74, 6) is -0.215. The van der Waals surface area contributed by atoms with Crippen LogP contribution < -0.4 is 0 Å². The van der Waals surface area contributed by atoms with Gasteiger partial charge < -0.3 is 0 Å². The van der Waals surface area contributed by atoms with Gasteiger partial charge in [-0.25, -0.2) is 4.39 Å². The summed E-state index contributed by atoms with van der Waals surface area (Å²) in [5.41, 5.74) is 1.03. The number of benzene rings is 1. The molecule has 2 aromatic rings. The van der Waals surface area contributed by atoms with Gasteiger partial charge in [-0.3, -0.25) is 9.88 Å². The Balaban J connectivity index is 2.28. The second-order valence-electron chi connectivity index (χ2n) is 5.53. The number of fused-ring (bicyclic) bond motifs is 1. The van der Waals surface area contributed by atoms with E-state index in [0.717, 1.165) is 23.0 Å². The number of hydrogen-bond acceptors (Lipinski definition) is 2. The Morgan fingerprint density at radius 3 is 2.37 bits per heavy atom. The molecule has 1 aromatic heterocycles. The van der Waals surface area contributed by atoms with E-state index in [-0.39, 0.29) is 5.82 Å². The molecule has 0 atom stereocenters. The van der Waals surface area contributed by atoms with Gasteiger partial charge in [0.1, 0.15) is 5.82 Å². The zero-order valence-electron chi connectivity index (χ0n) is 12.0. The minimum atomic E-state index is -0.215. The van der Waals surface area contributed by atoms with Crippen molar-refractivity contribution in [2.75, 3.05) is 0 Å². The first-order chi connectivity index (χ1) is 8.97. The average molecular weight is 260 g/mol. The van der Waals surface area contributed by atoms with Crippen LogP contribution in [0, 0.1) is 5.82 Å². The summed E-state index contributed by atoms with van der Waals surface area (Å²) >= 11 is 0. The zero-order valence-corrected chi connectivity index (χ0v) is 12.0. The predicted molar refractivity (Wildman–Crippen MR) is 77.5 cm³/mol. The van der Waals surface area contributed by atoms with Gasteiger partial charge in [0.25, 0.3) is 0 Å². The van der Waals surface area contributed by atoms with Gasteiger partial charge in [-0.05, 0) is 51.3 Å². The van der Waals surface area contributed by atoms with Crippen LogP contribution in [-0.4, -0.2) is 22.0 Å². The molecule has 0 N–H and O–H groups in total. The van der Waals surface area contributed by atoms with Crippen molar-refractivity contribution in [3.63, 3.8) is 0 Å². The highest BCUT2D eigenvalue weighted by molar-refractivity contribution is 5.81. The summed E-state index contributed by atoms with van der Waals surface area (Å²) in [6.07, 6.45) is 1.76. The molecule has 0 bridgehead atoms. The van der Waals surface area contributed by atoms with Crippen LogP contribution in [0.4, 0.5) is 4.39 Å². The van der Waals surface area contributed by atoms with E-state index < -0.39 is 0 Å². The van der Waals surface area contributed by atoms with Crippen LogP contribution in [0.25, 0.3) is 10.8 Å². The van der Waals surface area contributed by atoms with Gasteiger partial charge in [-0.2, -0.15) is 0 Å². The quantitative estimate of drug-likeness (QED) is 0.826. The molecule has 0 aliphatic rings. The molecule has 0 unspecified atom stereocenters. The lowest BCUT2D eigenvalue weighted by molar-refractivity contribution is 0.164. The maximum Gasteiger partial charge on any atom is 0.123 e. The van der Waals surface area contributed by atoms with Crippen molar-refractivity contribution < 1.29 is 4.39 Å². The van der Waals surface area contributed by atoms with Crippen LogP contribution in [-0.2, 0) is 6.54 Å². The molecule has 0 spiro atoms. The molecule has 0 saturated heterocycles. The third-order valence-electron chi connectivity index (χ3n) is 3.41. The van der Waals surface area contributed by atoms with Crippen molar-refractivity contribution in [3.8, 4) is 0 Å². The SMILES string of the molecule is CC(C)N(Cc1cc2ccc(F)cc2cn1)C(C)C. The van der Waals surface area contributed by atoms with Crippen molar-refractivity contribution in [1.82, 2.24) is 9.88 Å². The molecule has 0 aliphatic heterocycles. The van der Waals surface area contributed by atoms with E-state index >= 15 is 0 Å². The molecule has 0 aliphatic carbocycles. The molecule has 0 fully saturated rings. The Morgan fingerprint density at radius 1 is 1.05 bits per heavy atom. The second-order valence-corrected chi connectivity index (χ2v) is 5.53. The van der Waals surface area contributed by atoms with E-state index in [1.54, 1.807) is 6.20 Å². The van der Waals surface area contributed by atoms with E-state index in [9.17, 15) is 4.39 Å². The smallest absolute Gasteiger partial charge is 0.123 e. The van der Waals surface area contributed by atoms with Crippen LogP contribution in [0.1, 0.15) is 33.4 Å². The number of aromatic nitrogens is 1. The highest BCUT2D eigenvalue weighted by Gasteiger charge is 2.14. The van der Waals surface area contributed by atoms with Gasteiger partial charge in [0.15, 0.2) is 0 Å². The van der Waals surface area contributed by atoms with E-state index in [1.807, 2.05) is 12.1 Å². The summed E-state index contributed by atoms with van der Waals surface area (Å²) in [4.78, 5) is 6.83. The molecule has 2 nitrogen and oxygen atoms in total. The second kappa shape index (κ2) is 5.66. The zero-order chi connectivity index (χ0) is 14.0. The maximum absolute atomic E-state index is 13.1. The van der Waals surface area contributed by atoms with Crippen molar-refractivity contribution in [1.29, 1.82) is 0 Å². The van der Waals surface area contributed by atoms with Crippen LogP contribution in [0.3, 0.4) is 0 Å². The molecule has 1 aromatic carbocycles. The molecule has 0 saturated carbocycles. The standard InChI is InChI=1S/C16H21FN2/c1-11(2)19(12(3)4)10-16-8-13-5-6-15(17)7-14(13)9-18-16/h5-9,11-12H,10H2,1-4H3. The van der Waals surface area contributed by atoms with Gasteiger partial charge in [-0.15, -0.1) is 0 Å². The van der Waals surface area contributed by atoms with Crippen LogP contribution >= 0.6 is 0 Å². The third-order valence-corrected chi connectivity index (χ3v) is 3.41. The molecule has 102 valence electrons. The predicted octanol–water partition coefficient (Wildman–Crippen LogP) is 3.99. The molecular weight excluding hydrogens is 239 g/mol. The fraction of sp³-hybridized carbons (Fsp3) is 0.438. The Labute approximate surface area is 114 Å². The molecule has 19 heavy (non-hydrogen) atoms. The first-order valence-electron chi connectivity index (χ1n) is 6.77. The Morgan fingerprint density at radius 2 is 1.74 bits per heavy atom. The van der Waals surface area contributed by atoms with Crippen molar-refractivity contribution in [2.45, 2.75) is 46.3 Å². The van der Waals surface area contributed by atoms with Crippen molar-refractivity contribution in [2.24, 2.45) is 0 Å². The Kier molecular flexibility index (Phi) is 4.15. The molecule has 3 heteroatoms. The summed E-state index contributed by atoms with van der Waals surface area (Å²) in [5, 5.41) is 1.89.